The Labute approximate surface area is 137 Å². The highest BCUT2D eigenvalue weighted by Crippen LogP contribution is 2.19. The van der Waals surface area contributed by atoms with E-state index in [9.17, 15) is 0 Å². The van der Waals surface area contributed by atoms with Gasteiger partial charge in [-0.15, -0.1) is 0 Å². The summed E-state index contributed by atoms with van der Waals surface area (Å²) in [5, 5.41) is 3.98. The molecule has 0 bridgehead atoms. The molecule has 1 fully saturated rings. The number of anilines is 1. The van der Waals surface area contributed by atoms with Gasteiger partial charge >= 0.3 is 0 Å². The Morgan fingerprint density at radius 2 is 1.96 bits per heavy atom. The second kappa shape index (κ2) is 6.29. The summed E-state index contributed by atoms with van der Waals surface area (Å²) in [6.07, 6.45) is 0. The van der Waals surface area contributed by atoms with Crippen molar-refractivity contribution in [1.29, 1.82) is 0 Å². The van der Waals surface area contributed by atoms with Gasteiger partial charge in [-0.25, -0.2) is 0 Å². The lowest BCUT2D eigenvalue weighted by molar-refractivity contribution is 0.215. The molecule has 0 unspecified atom stereocenters. The van der Waals surface area contributed by atoms with Crippen molar-refractivity contribution in [3.63, 3.8) is 0 Å². The summed E-state index contributed by atoms with van der Waals surface area (Å²) in [6, 6.07) is 8.66. The van der Waals surface area contributed by atoms with Gasteiger partial charge in [0.25, 0.3) is 0 Å². The molecular formula is C17H25N5O. The highest BCUT2D eigenvalue weighted by molar-refractivity contribution is 5.48. The van der Waals surface area contributed by atoms with Crippen molar-refractivity contribution < 1.29 is 4.52 Å². The molecule has 3 rings (SSSR count). The molecule has 6 nitrogen and oxygen atoms in total. The van der Waals surface area contributed by atoms with Crippen molar-refractivity contribution in [3.8, 4) is 0 Å². The maximum Gasteiger partial charge on any atom is 0.240 e. The van der Waals surface area contributed by atoms with E-state index in [1.165, 1.54) is 11.3 Å². The van der Waals surface area contributed by atoms with Crippen molar-refractivity contribution in [1.82, 2.24) is 15.0 Å². The minimum absolute atomic E-state index is 0.561. The van der Waals surface area contributed by atoms with Gasteiger partial charge in [0.05, 0.1) is 12.1 Å². The first kappa shape index (κ1) is 16.0. The quantitative estimate of drug-likeness (QED) is 0.929. The van der Waals surface area contributed by atoms with Gasteiger partial charge in [0.1, 0.15) is 0 Å². The Morgan fingerprint density at radius 3 is 2.57 bits per heavy atom. The van der Waals surface area contributed by atoms with E-state index in [2.05, 4.69) is 51.1 Å². The Balaban J connectivity index is 1.56. The molecule has 1 aromatic carbocycles. The first-order valence-corrected chi connectivity index (χ1v) is 8.08. The summed E-state index contributed by atoms with van der Waals surface area (Å²) < 4.78 is 5.32. The SMILES string of the molecule is Cc1cccc(N2CCN(Cc3nc(C(C)(C)N)no3)CC2)c1. The van der Waals surface area contributed by atoms with Crippen LogP contribution >= 0.6 is 0 Å². The van der Waals surface area contributed by atoms with Gasteiger partial charge < -0.3 is 15.2 Å². The molecule has 1 aliphatic rings. The van der Waals surface area contributed by atoms with E-state index >= 15 is 0 Å². The number of nitrogens with two attached hydrogens (primary N) is 1. The van der Waals surface area contributed by atoms with Crippen molar-refractivity contribution in [2.24, 2.45) is 5.73 Å². The Morgan fingerprint density at radius 1 is 1.22 bits per heavy atom. The average Bonchev–Trinajstić information content (AvgIpc) is 2.97. The number of nitrogens with zero attached hydrogens (tertiary/aromatic N) is 4. The number of benzene rings is 1. The van der Waals surface area contributed by atoms with Gasteiger partial charge in [-0.1, -0.05) is 17.3 Å². The van der Waals surface area contributed by atoms with E-state index in [0.29, 0.717) is 18.3 Å². The largest absolute Gasteiger partial charge is 0.369 e. The maximum absolute atomic E-state index is 5.99. The van der Waals surface area contributed by atoms with E-state index in [0.717, 1.165) is 26.2 Å². The Kier molecular flexibility index (Phi) is 4.37. The molecular weight excluding hydrogens is 290 g/mol. The number of aromatic nitrogens is 2. The fourth-order valence-electron chi connectivity index (χ4n) is 2.76. The zero-order chi connectivity index (χ0) is 16.4. The monoisotopic (exact) mass is 315 g/mol. The van der Waals surface area contributed by atoms with Gasteiger partial charge in [-0.3, -0.25) is 4.90 Å². The maximum atomic E-state index is 5.99. The first-order valence-electron chi connectivity index (χ1n) is 8.08. The minimum Gasteiger partial charge on any atom is -0.369 e. The van der Waals surface area contributed by atoms with E-state index < -0.39 is 5.54 Å². The second-order valence-corrected chi connectivity index (χ2v) is 6.84. The van der Waals surface area contributed by atoms with Gasteiger partial charge in [-0.05, 0) is 38.5 Å². The molecule has 0 aliphatic carbocycles. The van der Waals surface area contributed by atoms with Crippen LogP contribution in [0.4, 0.5) is 5.69 Å². The molecule has 2 heterocycles. The Bertz CT molecular complexity index is 653. The van der Waals surface area contributed by atoms with Crippen molar-refractivity contribution in [2.45, 2.75) is 32.9 Å². The van der Waals surface area contributed by atoms with Crippen LogP contribution in [0.3, 0.4) is 0 Å². The van der Waals surface area contributed by atoms with Crippen molar-refractivity contribution >= 4 is 5.69 Å². The zero-order valence-corrected chi connectivity index (χ0v) is 14.1. The highest BCUT2D eigenvalue weighted by Gasteiger charge is 2.23. The van der Waals surface area contributed by atoms with Crippen molar-refractivity contribution in [3.05, 3.63) is 41.5 Å². The van der Waals surface area contributed by atoms with E-state index in [1.54, 1.807) is 0 Å². The van der Waals surface area contributed by atoms with Crippen LogP contribution in [0, 0.1) is 6.92 Å². The third kappa shape index (κ3) is 3.89. The molecule has 0 spiro atoms. The second-order valence-electron chi connectivity index (χ2n) is 6.84. The third-order valence-corrected chi connectivity index (χ3v) is 4.14. The third-order valence-electron chi connectivity index (χ3n) is 4.14. The minimum atomic E-state index is -0.564. The summed E-state index contributed by atoms with van der Waals surface area (Å²) in [5.41, 5.74) is 8.03. The zero-order valence-electron chi connectivity index (χ0n) is 14.1. The molecule has 0 atom stereocenters. The molecule has 1 aliphatic heterocycles. The van der Waals surface area contributed by atoms with Crippen LogP contribution in [-0.2, 0) is 12.1 Å². The van der Waals surface area contributed by atoms with Gasteiger partial charge in [0.2, 0.25) is 5.89 Å². The molecule has 6 heteroatoms. The highest BCUT2D eigenvalue weighted by atomic mass is 16.5. The number of hydrogen-bond donors (Lipinski definition) is 1. The van der Waals surface area contributed by atoms with Crippen molar-refractivity contribution in [2.75, 3.05) is 31.1 Å². The lowest BCUT2D eigenvalue weighted by Gasteiger charge is -2.35. The molecule has 0 radical (unpaired) electrons. The summed E-state index contributed by atoms with van der Waals surface area (Å²) >= 11 is 0. The number of aryl methyl sites for hydroxylation is 1. The number of rotatable bonds is 4. The number of hydrogen-bond acceptors (Lipinski definition) is 6. The van der Waals surface area contributed by atoms with Crippen LogP contribution in [0.1, 0.15) is 31.1 Å². The van der Waals surface area contributed by atoms with Crippen LogP contribution in [0.15, 0.2) is 28.8 Å². The summed E-state index contributed by atoms with van der Waals surface area (Å²) in [6.45, 7) is 10.6. The van der Waals surface area contributed by atoms with Gasteiger partial charge in [0.15, 0.2) is 5.82 Å². The normalized spacial score (nSPS) is 16.8. The van der Waals surface area contributed by atoms with Crippen LogP contribution < -0.4 is 10.6 Å². The molecule has 2 aromatic rings. The lowest BCUT2D eigenvalue weighted by atomic mass is 10.1. The molecule has 1 aromatic heterocycles. The Hall–Kier alpha value is -1.92. The van der Waals surface area contributed by atoms with E-state index in [-0.39, 0.29) is 0 Å². The van der Waals surface area contributed by atoms with Crippen LogP contribution in [0.25, 0.3) is 0 Å². The van der Waals surface area contributed by atoms with Gasteiger partial charge in [0, 0.05) is 31.9 Å². The summed E-state index contributed by atoms with van der Waals surface area (Å²) in [4.78, 5) is 9.17. The molecule has 1 saturated heterocycles. The molecule has 124 valence electrons. The number of piperazine rings is 1. The summed E-state index contributed by atoms with van der Waals surface area (Å²) in [7, 11) is 0. The van der Waals surface area contributed by atoms with Gasteiger partial charge in [-0.2, -0.15) is 4.98 Å². The molecule has 0 amide bonds. The fraction of sp³-hybridized carbons (Fsp3) is 0.529. The first-order chi connectivity index (χ1) is 10.9. The predicted molar refractivity (Wildman–Crippen MR) is 90.2 cm³/mol. The van der Waals surface area contributed by atoms with Crippen LogP contribution in [0.5, 0.6) is 0 Å². The van der Waals surface area contributed by atoms with Crippen LogP contribution in [-0.4, -0.2) is 41.2 Å². The van der Waals surface area contributed by atoms with Crippen LogP contribution in [0.2, 0.25) is 0 Å². The fourth-order valence-corrected chi connectivity index (χ4v) is 2.76. The standard InChI is InChI=1S/C17H25N5O/c1-13-5-4-6-14(11-13)22-9-7-21(8-10-22)12-15-19-16(20-23-15)17(2,3)18/h4-6,11H,7-10,12,18H2,1-3H3. The molecule has 0 saturated carbocycles. The van der Waals surface area contributed by atoms with E-state index in [4.69, 9.17) is 10.3 Å². The van der Waals surface area contributed by atoms with E-state index in [1.807, 2.05) is 13.8 Å². The topological polar surface area (TPSA) is 71.4 Å². The summed E-state index contributed by atoms with van der Waals surface area (Å²) in [5.74, 6) is 1.20. The smallest absolute Gasteiger partial charge is 0.240 e. The predicted octanol–water partition coefficient (Wildman–Crippen LogP) is 1.89. The lowest BCUT2D eigenvalue weighted by Crippen LogP contribution is -2.46. The molecule has 2 N–H and O–H groups in total. The molecule has 23 heavy (non-hydrogen) atoms. The average molecular weight is 315 g/mol.